The van der Waals surface area contributed by atoms with Crippen LogP contribution in [0.2, 0.25) is 0 Å². The summed E-state index contributed by atoms with van der Waals surface area (Å²) < 4.78 is 28.3. The fraction of sp³-hybridized carbons (Fsp3) is 0.267. The summed E-state index contributed by atoms with van der Waals surface area (Å²) in [4.78, 5) is 12.4. The van der Waals surface area contributed by atoms with E-state index in [0.29, 0.717) is 12.8 Å². The van der Waals surface area contributed by atoms with Gasteiger partial charge in [-0.3, -0.25) is 4.79 Å². The summed E-state index contributed by atoms with van der Waals surface area (Å²) in [7, 11) is 0. The molecule has 20 heavy (non-hydrogen) atoms. The monoisotopic (exact) mass is 293 g/mol. The molecule has 1 aliphatic rings. The molecule has 0 atom stereocenters. The van der Waals surface area contributed by atoms with E-state index in [1.165, 1.54) is 0 Å². The van der Waals surface area contributed by atoms with Crippen molar-refractivity contribution in [1.29, 1.82) is 0 Å². The zero-order valence-electron chi connectivity index (χ0n) is 10.7. The highest BCUT2D eigenvalue weighted by molar-refractivity contribution is 7.07. The average molecular weight is 293 g/mol. The maximum absolute atomic E-state index is 14.1. The Kier molecular flexibility index (Phi) is 3.53. The van der Waals surface area contributed by atoms with Crippen molar-refractivity contribution in [2.24, 2.45) is 0 Å². The highest BCUT2D eigenvalue weighted by atomic mass is 32.1. The highest BCUT2D eigenvalue weighted by Crippen LogP contribution is 2.36. The lowest BCUT2D eigenvalue weighted by Crippen LogP contribution is -2.27. The van der Waals surface area contributed by atoms with Crippen molar-refractivity contribution in [3.05, 3.63) is 51.7 Å². The molecular weight excluding hydrogens is 280 g/mol. The SMILES string of the molecule is O=Cc1cc(F)c(N(Cc2ccsc2)C2CC2)c(F)c1. The summed E-state index contributed by atoms with van der Waals surface area (Å²) in [6, 6.07) is 4.32. The lowest BCUT2D eigenvalue weighted by atomic mass is 10.1. The van der Waals surface area contributed by atoms with Gasteiger partial charge in [0.15, 0.2) is 0 Å². The van der Waals surface area contributed by atoms with Crippen LogP contribution in [0, 0.1) is 11.6 Å². The van der Waals surface area contributed by atoms with Gasteiger partial charge in [0.05, 0.1) is 0 Å². The molecule has 0 saturated heterocycles. The van der Waals surface area contributed by atoms with E-state index in [2.05, 4.69) is 0 Å². The molecule has 2 nitrogen and oxygen atoms in total. The van der Waals surface area contributed by atoms with Crippen LogP contribution in [0.4, 0.5) is 14.5 Å². The number of hydrogen-bond donors (Lipinski definition) is 0. The Morgan fingerprint density at radius 2 is 2.00 bits per heavy atom. The molecular formula is C15H13F2NOS. The van der Waals surface area contributed by atoms with Gasteiger partial charge in [-0.2, -0.15) is 11.3 Å². The summed E-state index contributed by atoms with van der Waals surface area (Å²) in [6.45, 7) is 0.489. The van der Waals surface area contributed by atoms with Gasteiger partial charge in [0.2, 0.25) is 0 Å². The second-order valence-corrected chi connectivity index (χ2v) is 5.72. The number of rotatable bonds is 5. The summed E-state index contributed by atoms with van der Waals surface area (Å²) >= 11 is 1.56. The highest BCUT2D eigenvalue weighted by Gasteiger charge is 2.32. The first-order valence-corrected chi connectivity index (χ1v) is 7.35. The molecule has 1 heterocycles. The molecule has 5 heteroatoms. The Balaban J connectivity index is 1.97. The maximum atomic E-state index is 14.1. The van der Waals surface area contributed by atoms with Gasteiger partial charge in [-0.05, 0) is 47.4 Å². The zero-order chi connectivity index (χ0) is 14.1. The van der Waals surface area contributed by atoms with Crippen molar-refractivity contribution in [3.63, 3.8) is 0 Å². The average Bonchev–Trinajstić information content (AvgIpc) is 3.14. The molecule has 0 radical (unpaired) electrons. The summed E-state index contributed by atoms with van der Waals surface area (Å²) in [5, 5.41) is 3.92. The maximum Gasteiger partial charge on any atom is 0.150 e. The van der Waals surface area contributed by atoms with Gasteiger partial charge in [0.25, 0.3) is 0 Å². The number of aldehydes is 1. The van der Waals surface area contributed by atoms with Gasteiger partial charge >= 0.3 is 0 Å². The Morgan fingerprint density at radius 3 is 2.50 bits per heavy atom. The first-order chi connectivity index (χ1) is 9.69. The van der Waals surface area contributed by atoms with Gasteiger partial charge in [0.1, 0.15) is 23.6 Å². The van der Waals surface area contributed by atoms with E-state index in [1.54, 1.807) is 16.2 Å². The van der Waals surface area contributed by atoms with E-state index in [9.17, 15) is 13.6 Å². The molecule has 0 N–H and O–H groups in total. The third-order valence-corrected chi connectivity index (χ3v) is 4.12. The van der Waals surface area contributed by atoms with E-state index in [-0.39, 0.29) is 17.3 Å². The van der Waals surface area contributed by atoms with E-state index in [1.807, 2.05) is 16.8 Å². The molecule has 1 aromatic heterocycles. The third kappa shape index (κ3) is 2.58. The van der Waals surface area contributed by atoms with Crippen molar-refractivity contribution in [2.45, 2.75) is 25.4 Å². The lowest BCUT2D eigenvalue weighted by molar-refractivity contribution is 0.112. The quantitative estimate of drug-likeness (QED) is 0.776. The van der Waals surface area contributed by atoms with Crippen LogP contribution in [0.5, 0.6) is 0 Å². The molecule has 3 rings (SSSR count). The minimum absolute atomic E-state index is 0.0232. The fourth-order valence-corrected chi connectivity index (χ4v) is 2.94. The van der Waals surface area contributed by atoms with Crippen LogP contribution in [0.3, 0.4) is 0 Å². The molecule has 0 bridgehead atoms. The van der Waals surface area contributed by atoms with Crippen LogP contribution >= 0.6 is 11.3 Å². The minimum Gasteiger partial charge on any atom is -0.359 e. The lowest BCUT2D eigenvalue weighted by Gasteiger charge is -2.25. The van der Waals surface area contributed by atoms with Crippen LogP contribution in [-0.4, -0.2) is 12.3 Å². The van der Waals surface area contributed by atoms with Crippen molar-refractivity contribution >= 4 is 23.3 Å². The normalized spacial score (nSPS) is 14.3. The third-order valence-electron chi connectivity index (χ3n) is 3.38. The molecule has 0 aliphatic heterocycles. The van der Waals surface area contributed by atoms with Crippen molar-refractivity contribution in [1.82, 2.24) is 0 Å². The number of anilines is 1. The Bertz CT molecular complexity index is 600. The molecule has 2 aromatic rings. The number of nitrogens with zero attached hydrogens (tertiary/aromatic N) is 1. The van der Waals surface area contributed by atoms with Gasteiger partial charge < -0.3 is 4.90 Å². The topological polar surface area (TPSA) is 20.3 Å². The van der Waals surface area contributed by atoms with Crippen LogP contribution in [0.25, 0.3) is 0 Å². The summed E-state index contributed by atoms with van der Waals surface area (Å²) in [5.74, 6) is -1.34. The predicted molar refractivity (Wildman–Crippen MR) is 75.3 cm³/mol. The van der Waals surface area contributed by atoms with E-state index in [4.69, 9.17) is 0 Å². The fourth-order valence-electron chi connectivity index (χ4n) is 2.28. The second-order valence-electron chi connectivity index (χ2n) is 4.94. The number of carbonyl (C=O) groups is 1. The number of benzene rings is 1. The molecule has 1 fully saturated rings. The smallest absolute Gasteiger partial charge is 0.150 e. The molecule has 0 amide bonds. The van der Waals surface area contributed by atoms with Gasteiger partial charge in [0, 0.05) is 18.2 Å². The van der Waals surface area contributed by atoms with Crippen LogP contribution in [0.15, 0.2) is 29.0 Å². The van der Waals surface area contributed by atoms with Gasteiger partial charge in [-0.1, -0.05) is 0 Å². The van der Waals surface area contributed by atoms with E-state index in [0.717, 1.165) is 30.5 Å². The minimum atomic E-state index is -0.672. The number of thiophene rings is 1. The standard InChI is InChI=1S/C15H13F2NOS/c16-13-5-11(8-19)6-14(17)15(13)18(12-1-2-12)7-10-3-4-20-9-10/h3-6,8-9,12H,1-2,7H2. The van der Waals surface area contributed by atoms with E-state index < -0.39 is 11.6 Å². The molecule has 1 aliphatic carbocycles. The molecule has 1 aromatic carbocycles. The number of halogens is 2. The zero-order valence-corrected chi connectivity index (χ0v) is 11.5. The summed E-state index contributed by atoms with van der Waals surface area (Å²) in [5.41, 5.74) is 1.04. The largest absolute Gasteiger partial charge is 0.359 e. The van der Waals surface area contributed by atoms with Crippen LogP contribution < -0.4 is 4.90 Å². The van der Waals surface area contributed by atoms with E-state index >= 15 is 0 Å². The Morgan fingerprint density at radius 1 is 1.30 bits per heavy atom. The predicted octanol–water partition coefficient (Wildman–Crippen LogP) is 4.01. The van der Waals surface area contributed by atoms with Gasteiger partial charge in [-0.15, -0.1) is 0 Å². The second kappa shape index (κ2) is 5.32. The number of carbonyl (C=O) groups excluding carboxylic acids is 1. The summed E-state index contributed by atoms with van der Waals surface area (Å²) in [6.07, 6.45) is 2.34. The van der Waals surface area contributed by atoms with Crippen LogP contribution in [-0.2, 0) is 6.54 Å². The Hall–Kier alpha value is -1.75. The first kappa shape index (κ1) is 13.2. The molecule has 0 unspecified atom stereocenters. The molecule has 0 spiro atoms. The van der Waals surface area contributed by atoms with Crippen molar-refractivity contribution in [2.75, 3.05) is 4.90 Å². The first-order valence-electron chi connectivity index (χ1n) is 6.41. The molecule has 1 saturated carbocycles. The number of hydrogen-bond acceptors (Lipinski definition) is 3. The van der Waals surface area contributed by atoms with Crippen molar-refractivity contribution < 1.29 is 13.6 Å². The van der Waals surface area contributed by atoms with Gasteiger partial charge in [-0.25, -0.2) is 8.78 Å². The Labute approximate surface area is 119 Å². The van der Waals surface area contributed by atoms with Crippen molar-refractivity contribution in [3.8, 4) is 0 Å². The molecule has 104 valence electrons. The van der Waals surface area contributed by atoms with Crippen LogP contribution in [0.1, 0.15) is 28.8 Å².